The molecule has 2 aliphatic rings. The van der Waals surface area contributed by atoms with Gasteiger partial charge in [0.2, 0.25) is 0 Å². The van der Waals surface area contributed by atoms with E-state index in [2.05, 4.69) is 20.5 Å². The van der Waals surface area contributed by atoms with Crippen molar-refractivity contribution in [3.63, 3.8) is 0 Å². The lowest BCUT2D eigenvalue weighted by molar-refractivity contribution is -0.384. The fourth-order valence-corrected chi connectivity index (χ4v) is 3.30. The Morgan fingerprint density at radius 2 is 2.07 bits per heavy atom. The van der Waals surface area contributed by atoms with E-state index in [4.69, 9.17) is 4.74 Å². The Labute approximate surface area is 168 Å². The monoisotopic (exact) mass is 397 g/mol. The highest BCUT2D eigenvalue weighted by Gasteiger charge is 2.25. The Bertz CT molecular complexity index is 909. The van der Waals surface area contributed by atoms with Crippen LogP contribution in [0.2, 0.25) is 0 Å². The number of amides is 1. The quantitative estimate of drug-likeness (QED) is 0.545. The van der Waals surface area contributed by atoms with Crippen LogP contribution < -0.4 is 15.5 Å². The predicted molar refractivity (Wildman–Crippen MR) is 108 cm³/mol. The molecule has 1 saturated carbocycles. The summed E-state index contributed by atoms with van der Waals surface area (Å²) in [5, 5.41) is 17.4. The summed E-state index contributed by atoms with van der Waals surface area (Å²) in [5.74, 6) is 0.467. The number of nitro groups is 1. The number of carbonyl (C=O) groups excluding carboxylic acids is 1. The summed E-state index contributed by atoms with van der Waals surface area (Å²) in [4.78, 5) is 30.2. The number of benzene rings is 1. The number of pyridine rings is 1. The Morgan fingerprint density at radius 1 is 1.28 bits per heavy atom. The fraction of sp³-hybridized carbons (Fsp3) is 0.400. The predicted octanol–water partition coefficient (Wildman–Crippen LogP) is 2.33. The van der Waals surface area contributed by atoms with Crippen LogP contribution in [0.1, 0.15) is 28.8 Å². The summed E-state index contributed by atoms with van der Waals surface area (Å²) in [5.41, 5.74) is 1.52. The number of aromatic nitrogens is 1. The lowest BCUT2D eigenvalue weighted by atomic mass is 10.1. The number of nitrogens with one attached hydrogen (secondary N) is 2. The highest BCUT2D eigenvalue weighted by molar-refractivity contribution is 5.95. The zero-order valence-electron chi connectivity index (χ0n) is 16.0. The first kappa shape index (κ1) is 19.1. The minimum atomic E-state index is -0.459. The number of morpholine rings is 1. The number of hydrogen-bond donors (Lipinski definition) is 2. The van der Waals surface area contributed by atoms with E-state index in [0.717, 1.165) is 37.3 Å². The molecule has 2 N–H and O–H groups in total. The molecule has 1 aliphatic heterocycles. The number of nitro benzene ring substituents is 1. The summed E-state index contributed by atoms with van der Waals surface area (Å²) >= 11 is 0. The van der Waals surface area contributed by atoms with E-state index >= 15 is 0 Å². The van der Waals surface area contributed by atoms with Crippen LogP contribution in [-0.2, 0) is 11.3 Å². The largest absolute Gasteiger partial charge is 0.378 e. The van der Waals surface area contributed by atoms with Gasteiger partial charge in [-0.1, -0.05) is 6.07 Å². The molecule has 0 radical (unpaired) electrons. The molecule has 0 atom stereocenters. The van der Waals surface area contributed by atoms with Crippen LogP contribution in [-0.4, -0.2) is 48.2 Å². The van der Waals surface area contributed by atoms with Gasteiger partial charge in [-0.15, -0.1) is 0 Å². The average Bonchev–Trinajstić information content (AvgIpc) is 3.57. The van der Waals surface area contributed by atoms with Gasteiger partial charge >= 0.3 is 0 Å². The molecule has 2 fully saturated rings. The van der Waals surface area contributed by atoms with Crippen LogP contribution >= 0.6 is 0 Å². The standard InChI is InChI=1S/C20H23N5O4/c26-20(14-3-6-17(23-16-4-5-16)18(12-14)25(27)28)22-13-15-2-1-7-21-19(15)24-8-10-29-11-9-24/h1-3,6-7,12,16,23H,4-5,8-11,13H2,(H,22,26). The molecule has 29 heavy (non-hydrogen) atoms. The molecule has 1 aliphatic carbocycles. The summed E-state index contributed by atoms with van der Waals surface area (Å²) in [6.07, 6.45) is 3.75. The van der Waals surface area contributed by atoms with Gasteiger partial charge in [0.25, 0.3) is 11.6 Å². The lowest BCUT2D eigenvalue weighted by Crippen LogP contribution is -2.37. The molecule has 2 aromatic rings. The van der Waals surface area contributed by atoms with Crippen molar-refractivity contribution in [1.82, 2.24) is 10.3 Å². The number of ether oxygens (including phenoxy) is 1. The van der Waals surface area contributed by atoms with E-state index in [1.54, 1.807) is 18.3 Å². The highest BCUT2D eigenvalue weighted by atomic mass is 16.6. The Morgan fingerprint density at radius 3 is 2.79 bits per heavy atom. The maximum absolute atomic E-state index is 12.6. The maximum atomic E-state index is 12.6. The Balaban J connectivity index is 1.46. The lowest BCUT2D eigenvalue weighted by Gasteiger charge is -2.29. The van der Waals surface area contributed by atoms with Gasteiger partial charge in [0.15, 0.2) is 0 Å². The number of anilines is 2. The third-order valence-electron chi connectivity index (χ3n) is 5.01. The van der Waals surface area contributed by atoms with Crippen molar-refractivity contribution >= 4 is 23.1 Å². The minimum absolute atomic E-state index is 0.0834. The number of nitrogens with zero attached hydrogens (tertiary/aromatic N) is 3. The topological polar surface area (TPSA) is 110 Å². The third-order valence-corrected chi connectivity index (χ3v) is 5.01. The molecule has 9 nitrogen and oxygen atoms in total. The van der Waals surface area contributed by atoms with Crippen molar-refractivity contribution in [2.75, 3.05) is 36.5 Å². The zero-order chi connectivity index (χ0) is 20.2. The number of carbonyl (C=O) groups is 1. The van der Waals surface area contributed by atoms with E-state index < -0.39 is 4.92 Å². The Kier molecular flexibility index (Phi) is 5.57. The first-order valence-electron chi connectivity index (χ1n) is 9.71. The second kappa shape index (κ2) is 8.44. The normalized spacial score (nSPS) is 16.3. The van der Waals surface area contributed by atoms with Crippen molar-refractivity contribution in [1.29, 1.82) is 0 Å². The molecule has 2 heterocycles. The molecule has 1 saturated heterocycles. The number of hydrogen-bond acceptors (Lipinski definition) is 7. The maximum Gasteiger partial charge on any atom is 0.293 e. The van der Waals surface area contributed by atoms with E-state index in [0.29, 0.717) is 18.9 Å². The van der Waals surface area contributed by atoms with Crippen LogP contribution in [0.25, 0.3) is 0 Å². The van der Waals surface area contributed by atoms with Gasteiger partial charge < -0.3 is 20.3 Å². The van der Waals surface area contributed by atoms with Crippen molar-refractivity contribution in [2.45, 2.75) is 25.4 Å². The molecular formula is C20H23N5O4. The SMILES string of the molecule is O=C(NCc1cccnc1N1CCOCC1)c1ccc(NC2CC2)c([N+](=O)[O-])c1. The molecule has 9 heteroatoms. The van der Waals surface area contributed by atoms with E-state index in [-0.39, 0.29) is 29.7 Å². The first-order valence-corrected chi connectivity index (χ1v) is 9.71. The van der Waals surface area contributed by atoms with Crippen molar-refractivity contribution in [2.24, 2.45) is 0 Å². The first-order chi connectivity index (χ1) is 14.1. The molecule has 0 unspecified atom stereocenters. The van der Waals surface area contributed by atoms with Gasteiger partial charge in [0.1, 0.15) is 11.5 Å². The van der Waals surface area contributed by atoms with Gasteiger partial charge in [0.05, 0.1) is 18.1 Å². The van der Waals surface area contributed by atoms with Crippen molar-refractivity contribution in [3.8, 4) is 0 Å². The van der Waals surface area contributed by atoms with Crippen LogP contribution in [0.15, 0.2) is 36.5 Å². The fourth-order valence-electron chi connectivity index (χ4n) is 3.30. The summed E-state index contributed by atoms with van der Waals surface area (Å²) in [6, 6.07) is 8.58. The Hall–Kier alpha value is -3.20. The van der Waals surface area contributed by atoms with Gasteiger partial charge in [0, 0.05) is 49.1 Å². The number of rotatable bonds is 7. The molecule has 152 valence electrons. The highest BCUT2D eigenvalue weighted by Crippen LogP contribution is 2.31. The van der Waals surface area contributed by atoms with Gasteiger partial charge in [-0.2, -0.15) is 0 Å². The van der Waals surface area contributed by atoms with Gasteiger partial charge in [-0.3, -0.25) is 14.9 Å². The smallest absolute Gasteiger partial charge is 0.293 e. The molecule has 0 bridgehead atoms. The van der Waals surface area contributed by atoms with Gasteiger partial charge in [-0.25, -0.2) is 4.98 Å². The molecule has 0 spiro atoms. The van der Waals surface area contributed by atoms with Gasteiger partial charge in [-0.05, 0) is 31.0 Å². The second-order valence-corrected chi connectivity index (χ2v) is 7.18. The van der Waals surface area contributed by atoms with Crippen molar-refractivity contribution < 1.29 is 14.5 Å². The summed E-state index contributed by atoms with van der Waals surface area (Å²) in [7, 11) is 0. The summed E-state index contributed by atoms with van der Waals surface area (Å²) < 4.78 is 5.39. The second-order valence-electron chi connectivity index (χ2n) is 7.18. The molecule has 1 aromatic carbocycles. The van der Waals surface area contributed by atoms with Crippen LogP contribution in [0.5, 0.6) is 0 Å². The van der Waals surface area contributed by atoms with E-state index in [1.165, 1.54) is 6.07 Å². The third kappa shape index (κ3) is 4.62. The average molecular weight is 397 g/mol. The molecule has 1 amide bonds. The van der Waals surface area contributed by atoms with Crippen LogP contribution in [0.3, 0.4) is 0 Å². The van der Waals surface area contributed by atoms with Crippen LogP contribution in [0.4, 0.5) is 17.2 Å². The van der Waals surface area contributed by atoms with E-state index in [1.807, 2.05) is 12.1 Å². The molecule has 4 rings (SSSR count). The minimum Gasteiger partial charge on any atom is -0.378 e. The molecule has 1 aromatic heterocycles. The van der Waals surface area contributed by atoms with Crippen LogP contribution in [0, 0.1) is 10.1 Å². The molecular weight excluding hydrogens is 374 g/mol. The zero-order valence-corrected chi connectivity index (χ0v) is 16.0. The summed E-state index contributed by atoms with van der Waals surface area (Å²) in [6.45, 7) is 3.08. The van der Waals surface area contributed by atoms with Crippen molar-refractivity contribution in [3.05, 3.63) is 57.8 Å². The van der Waals surface area contributed by atoms with E-state index in [9.17, 15) is 14.9 Å².